The summed E-state index contributed by atoms with van der Waals surface area (Å²) in [6.07, 6.45) is 2.61. The van der Waals surface area contributed by atoms with Crippen molar-refractivity contribution in [3.05, 3.63) is 70.5 Å². The SMILES string of the molecule is COC(=O)C(O)(Cn1cncn1)c1ccc(Oc2ccc(Cl)c(F)c2)cc1Cl. The quantitative estimate of drug-likeness (QED) is 0.607. The summed E-state index contributed by atoms with van der Waals surface area (Å²) in [6, 6.07) is 8.25. The third kappa shape index (κ3) is 4.09. The van der Waals surface area contributed by atoms with Crippen molar-refractivity contribution < 1.29 is 23.8 Å². The van der Waals surface area contributed by atoms with Gasteiger partial charge in [-0.2, -0.15) is 5.10 Å². The minimum atomic E-state index is -2.11. The highest BCUT2D eigenvalue weighted by Gasteiger charge is 2.42. The topological polar surface area (TPSA) is 86.5 Å². The molecule has 28 heavy (non-hydrogen) atoms. The fourth-order valence-corrected chi connectivity index (χ4v) is 2.99. The highest BCUT2D eigenvalue weighted by molar-refractivity contribution is 6.32. The normalized spacial score (nSPS) is 13.0. The number of rotatable bonds is 6. The molecule has 0 aliphatic carbocycles. The van der Waals surface area contributed by atoms with Crippen LogP contribution in [-0.4, -0.2) is 33.0 Å². The molecule has 7 nitrogen and oxygen atoms in total. The van der Waals surface area contributed by atoms with Gasteiger partial charge in [-0.1, -0.05) is 29.3 Å². The van der Waals surface area contributed by atoms with Crippen LogP contribution in [0.2, 0.25) is 10.0 Å². The summed E-state index contributed by atoms with van der Waals surface area (Å²) >= 11 is 11.9. The van der Waals surface area contributed by atoms with E-state index in [0.29, 0.717) is 0 Å². The summed E-state index contributed by atoms with van der Waals surface area (Å²) < 4.78 is 25.1. The Labute approximate surface area is 169 Å². The fourth-order valence-electron chi connectivity index (χ4n) is 2.55. The van der Waals surface area contributed by atoms with E-state index in [1.807, 2.05) is 0 Å². The number of methoxy groups -OCH3 is 1. The molecule has 1 aromatic heterocycles. The molecule has 0 fully saturated rings. The van der Waals surface area contributed by atoms with Gasteiger partial charge in [0, 0.05) is 11.6 Å². The van der Waals surface area contributed by atoms with E-state index in [-0.39, 0.29) is 33.7 Å². The van der Waals surface area contributed by atoms with Crippen LogP contribution >= 0.6 is 23.2 Å². The molecule has 0 aliphatic heterocycles. The summed E-state index contributed by atoms with van der Waals surface area (Å²) in [5.74, 6) is -1.08. The van der Waals surface area contributed by atoms with Gasteiger partial charge in [-0.05, 0) is 24.3 Å². The molecule has 0 saturated heterocycles. The Kier molecular flexibility index (Phi) is 5.83. The minimum absolute atomic E-state index is 0.0306. The molecule has 0 radical (unpaired) electrons. The molecule has 0 spiro atoms. The molecule has 1 unspecified atom stereocenters. The molecule has 0 bridgehead atoms. The van der Waals surface area contributed by atoms with Crippen LogP contribution in [0.3, 0.4) is 0 Å². The van der Waals surface area contributed by atoms with E-state index in [1.165, 1.54) is 47.7 Å². The molecule has 0 saturated carbocycles. The van der Waals surface area contributed by atoms with Gasteiger partial charge in [0.15, 0.2) is 0 Å². The Bertz CT molecular complexity index is 1000. The molecule has 2 aromatic carbocycles. The lowest BCUT2D eigenvalue weighted by Crippen LogP contribution is -2.41. The number of hydrogen-bond acceptors (Lipinski definition) is 6. The van der Waals surface area contributed by atoms with Gasteiger partial charge >= 0.3 is 5.97 Å². The number of nitrogens with zero attached hydrogens (tertiary/aromatic N) is 3. The van der Waals surface area contributed by atoms with Crippen LogP contribution in [0.4, 0.5) is 4.39 Å². The van der Waals surface area contributed by atoms with E-state index < -0.39 is 17.4 Å². The third-order valence-corrected chi connectivity index (χ3v) is 4.51. The summed E-state index contributed by atoms with van der Waals surface area (Å²) in [6.45, 7) is -0.262. The molecule has 10 heteroatoms. The van der Waals surface area contributed by atoms with Gasteiger partial charge in [0.25, 0.3) is 0 Å². The molecular formula is C18H14Cl2FN3O4. The first-order chi connectivity index (χ1) is 13.3. The van der Waals surface area contributed by atoms with Crippen molar-refractivity contribution in [1.29, 1.82) is 0 Å². The predicted molar refractivity (Wildman–Crippen MR) is 98.9 cm³/mol. The molecule has 146 valence electrons. The number of aliphatic hydroxyl groups is 1. The van der Waals surface area contributed by atoms with Crippen molar-refractivity contribution in [2.24, 2.45) is 0 Å². The second-order valence-electron chi connectivity index (χ2n) is 5.76. The van der Waals surface area contributed by atoms with E-state index in [0.717, 1.165) is 13.2 Å². The van der Waals surface area contributed by atoms with Gasteiger partial charge in [0.2, 0.25) is 5.60 Å². The second-order valence-corrected chi connectivity index (χ2v) is 6.58. The largest absolute Gasteiger partial charge is 0.467 e. The maximum Gasteiger partial charge on any atom is 0.344 e. The Morgan fingerprint density at radius 3 is 2.54 bits per heavy atom. The molecule has 0 aliphatic rings. The Balaban J connectivity index is 1.92. The van der Waals surface area contributed by atoms with Crippen LogP contribution in [0.15, 0.2) is 49.1 Å². The first-order valence-corrected chi connectivity index (χ1v) is 8.65. The Hall–Kier alpha value is -2.68. The standard InChI is InChI=1S/C18H14Cl2FN3O4/c1-27-17(25)18(26,8-24-10-22-9-23-24)13-4-2-11(6-15(13)20)28-12-3-5-14(19)16(21)7-12/h2-7,9-10,26H,8H2,1H3. The molecule has 1 N–H and O–H groups in total. The van der Waals surface area contributed by atoms with Crippen molar-refractivity contribution in [2.75, 3.05) is 7.11 Å². The maximum absolute atomic E-state index is 13.6. The lowest BCUT2D eigenvalue weighted by atomic mass is 9.93. The zero-order valence-electron chi connectivity index (χ0n) is 14.5. The van der Waals surface area contributed by atoms with Crippen LogP contribution in [0.1, 0.15) is 5.56 Å². The van der Waals surface area contributed by atoms with Crippen molar-refractivity contribution in [3.8, 4) is 11.5 Å². The Morgan fingerprint density at radius 1 is 1.21 bits per heavy atom. The minimum Gasteiger partial charge on any atom is -0.467 e. The number of hydrogen-bond donors (Lipinski definition) is 1. The summed E-state index contributed by atoms with van der Waals surface area (Å²) in [4.78, 5) is 16.1. The third-order valence-electron chi connectivity index (χ3n) is 3.89. The highest BCUT2D eigenvalue weighted by Crippen LogP contribution is 2.35. The smallest absolute Gasteiger partial charge is 0.344 e. The van der Waals surface area contributed by atoms with E-state index in [2.05, 4.69) is 10.1 Å². The number of ether oxygens (including phenoxy) is 2. The molecule has 3 aromatic rings. The van der Waals surface area contributed by atoms with Crippen molar-refractivity contribution in [1.82, 2.24) is 14.8 Å². The fraction of sp³-hybridized carbons (Fsp3) is 0.167. The van der Waals surface area contributed by atoms with Crippen LogP contribution in [0, 0.1) is 5.82 Å². The van der Waals surface area contributed by atoms with Gasteiger partial charge in [-0.3, -0.25) is 0 Å². The molecule has 1 atom stereocenters. The van der Waals surface area contributed by atoms with E-state index in [1.54, 1.807) is 0 Å². The molecular weight excluding hydrogens is 412 g/mol. The van der Waals surface area contributed by atoms with Crippen LogP contribution in [-0.2, 0) is 21.7 Å². The van der Waals surface area contributed by atoms with E-state index >= 15 is 0 Å². The molecule has 3 rings (SSSR count). The summed E-state index contributed by atoms with van der Waals surface area (Å²) in [5, 5.41) is 14.9. The summed E-state index contributed by atoms with van der Waals surface area (Å²) in [7, 11) is 1.15. The molecule has 0 amide bonds. The van der Waals surface area contributed by atoms with Crippen LogP contribution in [0.5, 0.6) is 11.5 Å². The average molecular weight is 426 g/mol. The zero-order chi connectivity index (χ0) is 20.3. The monoisotopic (exact) mass is 425 g/mol. The number of esters is 1. The predicted octanol–water partition coefficient (Wildman–Crippen LogP) is 3.58. The van der Waals surface area contributed by atoms with Gasteiger partial charge in [-0.15, -0.1) is 0 Å². The second kappa shape index (κ2) is 8.14. The van der Waals surface area contributed by atoms with Crippen LogP contribution in [0.25, 0.3) is 0 Å². The number of aromatic nitrogens is 3. The van der Waals surface area contributed by atoms with E-state index in [9.17, 15) is 14.3 Å². The van der Waals surface area contributed by atoms with Gasteiger partial charge in [0.1, 0.15) is 30.0 Å². The maximum atomic E-state index is 13.6. The highest BCUT2D eigenvalue weighted by atomic mass is 35.5. The lowest BCUT2D eigenvalue weighted by Gasteiger charge is -2.26. The lowest BCUT2D eigenvalue weighted by molar-refractivity contribution is -0.165. The number of benzene rings is 2. The first kappa shape index (κ1) is 20.1. The summed E-state index contributed by atoms with van der Waals surface area (Å²) in [5.41, 5.74) is -2.02. The zero-order valence-corrected chi connectivity index (χ0v) is 16.0. The first-order valence-electron chi connectivity index (χ1n) is 7.89. The van der Waals surface area contributed by atoms with Gasteiger partial charge < -0.3 is 14.6 Å². The Morgan fingerprint density at radius 2 is 1.93 bits per heavy atom. The van der Waals surface area contributed by atoms with Crippen molar-refractivity contribution >= 4 is 29.2 Å². The number of carbonyl (C=O) groups is 1. The van der Waals surface area contributed by atoms with Crippen molar-refractivity contribution in [3.63, 3.8) is 0 Å². The van der Waals surface area contributed by atoms with E-state index in [4.69, 9.17) is 32.7 Å². The number of carbonyl (C=O) groups excluding carboxylic acids is 1. The van der Waals surface area contributed by atoms with Crippen LogP contribution < -0.4 is 4.74 Å². The molecule has 1 heterocycles. The van der Waals surface area contributed by atoms with Gasteiger partial charge in [0.05, 0.1) is 23.7 Å². The number of halogens is 3. The van der Waals surface area contributed by atoms with Crippen molar-refractivity contribution in [2.45, 2.75) is 12.1 Å². The average Bonchev–Trinajstić information content (AvgIpc) is 3.16. The van der Waals surface area contributed by atoms with Gasteiger partial charge in [-0.25, -0.2) is 18.9 Å².